The van der Waals surface area contributed by atoms with Crippen molar-refractivity contribution in [2.75, 3.05) is 6.61 Å². The number of hydrogen-bond donors (Lipinski definition) is 0. The van der Waals surface area contributed by atoms with E-state index in [0.29, 0.717) is 18.4 Å². The molecule has 0 aromatic carbocycles. The molecule has 2 aliphatic carbocycles. The Kier molecular flexibility index (Phi) is 4.91. The van der Waals surface area contributed by atoms with E-state index >= 15 is 0 Å². The Hall–Kier alpha value is -3.10. The van der Waals surface area contributed by atoms with Crippen molar-refractivity contribution in [3.63, 3.8) is 0 Å². The van der Waals surface area contributed by atoms with Gasteiger partial charge in [0.15, 0.2) is 6.10 Å². The number of furan rings is 1. The average molecular weight is 458 g/mol. The molecule has 9 heteroatoms. The van der Waals surface area contributed by atoms with Gasteiger partial charge in [-0.2, -0.15) is 0 Å². The first-order valence-corrected chi connectivity index (χ1v) is 11.1. The van der Waals surface area contributed by atoms with Crippen molar-refractivity contribution in [1.82, 2.24) is 0 Å². The fraction of sp³-hybridized carbons (Fsp3) is 0.583. The molecule has 33 heavy (non-hydrogen) atoms. The molecule has 3 fully saturated rings. The third kappa shape index (κ3) is 3.04. The lowest BCUT2D eigenvalue weighted by atomic mass is 9.44. The summed E-state index contributed by atoms with van der Waals surface area (Å²) < 4.78 is 28.0. The fourth-order valence-corrected chi connectivity index (χ4v) is 6.82. The molecule has 1 saturated carbocycles. The van der Waals surface area contributed by atoms with Crippen molar-refractivity contribution in [2.45, 2.75) is 51.9 Å². The highest BCUT2D eigenvalue weighted by Gasteiger charge is 2.73. The van der Waals surface area contributed by atoms with E-state index in [4.69, 9.17) is 23.4 Å². The van der Waals surface area contributed by atoms with Gasteiger partial charge in [0.2, 0.25) is 0 Å². The van der Waals surface area contributed by atoms with Crippen LogP contribution in [0, 0.1) is 28.6 Å². The van der Waals surface area contributed by atoms with Gasteiger partial charge in [-0.1, -0.05) is 13.0 Å². The first kappa shape index (κ1) is 21.7. The maximum atomic E-state index is 13.1. The van der Waals surface area contributed by atoms with E-state index in [2.05, 4.69) is 0 Å². The van der Waals surface area contributed by atoms with Crippen molar-refractivity contribution in [3.05, 3.63) is 36.3 Å². The van der Waals surface area contributed by atoms with Gasteiger partial charge in [-0.25, -0.2) is 0 Å². The summed E-state index contributed by atoms with van der Waals surface area (Å²) >= 11 is 0. The summed E-state index contributed by atoms with van der Waals surface area (Å²) in [6.45, 7) is 4.68. The second-order valence-electron chi connectivity index (χ2n) is 9.66. The van der Waals surface area contributed by atoms with Crippen molar-refractivity contribution >= 4 is 23.9 Å². The number of fused-ring (bicyclic) bond motifs is 2. The van der Waals surface area contributed by atoms with Crippen LogP contribution in [0.15, 0.2) is 35.2 Å². The standard InChI is InChI=1S/C24H26O9/c1-12(25)31-17-5-4-16-21(27)30-11-24(16)8-6-15-22(28)33-20(23(15,3)19(17)24)18(32-13(2)26)14-7-9-29-10-14/h4-5,7,9-10,15-20H,6,8,11H2,1-3H3/t15-,16+,17-,18+,19-,20+,23+,24-/m1/s1. The third-order valence-corrected chi connectivity index (χ3v) is 8.00. The summed E-state index contributed by atoms with van der Waals surface area (Å²) in [5, 5.41) is 0. The van der Waals surface area contributed by atoms with Crippen LogP contribution in [0.5, 0.6) is 0 Å². The quantitative estimate of drug-likeness (QED) is 0.381. The van der Waals surface area contributed by atoms with Crippen LogP contribution in [0.3, 0.4) is 0 Å². The molecule has 4 aliphatic rings. The number of hydrogen-bond acceptors (Lipinski definition) is 9. The van der Waals surface area contributed by atoms with E-state index in [0.717, 1.165) is 0 Å². The minimum absolute atomic E-state index is 0.163. The van der Waals surface area contributed by atoms with Gasteiger partial charge < -0.3 is 23.4 Å². The second-order valence-corrected chi connectivity index (χ2v) is 9.66. The van der Waals surface area contributed by atoms with Crippen LogP contribution in [0.1, 0.15) is 45.3 Å². The zero-order chi connectivity index (χ0) is 23.5. The molecular formula is C24H26O9. The first-order valence-electron chi connectivity index (χ1n) is 11.1. The molecule has 3 heterocycles. The highest BCUT2D eigenvalue weighted by Crippen LogP contribution is 2.67. The van der Waals surface area contributed by atoms with Crippen LogP contribution < -0.4 is 0 Å². The second kappa shape index (κ2) is 7.46. The Labute approximate surface area is 190 Å². The predicted molar refractivity (Wildman–Crippen MR) is 109 cm³/mol. The van der Waals surface area contributed by atoms with Crippen LogP contribution in [0.25, 0.3) is 0 Å². The molecule has 9 nitrogen and oxygen atoms in total. The van der Waals surface area contributed by atoms with Crippen LogP contribution >= 0.6 is 0 Å². The summed E-state index contributed by atoms with van der Waals surface area (Å²) in [5.41, 5.74) is -1.04. The molecule has 0 N–H and O–H groups in total. The number of esters is 4. The molecule has 5 rings (SSSR count). The summed E-state index contributed by atoms with van der Waals surface area (Å²) in [6.07, 6.45) is 4.91. The molecule has 2 aliphatic heterocycles. The number of carbonyl (C=O) groups is 4. The summed E-state index contributed by atoms with van der Waals surface area (Å²) in [7, 11) is 0. The Balaban J connectivity index is 1.67. The average Bonchev–Trinajstić information content (AvgIpc) is 3.44. The smallest absolute Gasteiger partial charge is 0.313 e. The van der Waals surface area contributed by atoms with Crippen molar-refractivity contribution < 1.29 is 42.5 Å². The molecule has 0 amide bonds. The van der Waals surface area contributed by atoms with Gasteiger partial charge in [0, 0.05) is 36.2 Å². The Morgan fingerprint density at radius 2 is 1.94 bits per heavy atom. The lowest BCUT2D eigenvalue weighted by Gasteiger charge is -2.57. The van der Waals surface area contributed by atoms with Gasteiger partial charge in [0.25, 0.3) is 0 Å². The number of rotatable bonds is 4. The topological polar surface area (TPSA) is 118 Å². The Morgan fingerprint density at radius 1 is 1.15 bits per heavy atom. The molecule has 1 spiro atoms. The first-order chi connectivity index (χ1) is 15.7. The number of cyclic esters (lactones) is 2. The molecule has 2 saturated heterocycles. The third-order valence-electron chi connectivity index (χ3n) is 8.00. The largest absolute Gasteiger partial charge is 0.472 e. The SMILES string of the molecule is CC(=O)O[C@@H]1C=C[C@H]2C(=O)OC[C@]23CC[C@@H]2C(=O)O[C@@H]([C@@H](OC(C)=O)c4ccoc4)[C@]2(C)[C@@H]13. The van der Waals surface area contributed by atoms with E-state index in [1.807, 2.05) is 6.92 Å². The molecule has 0 bridgehead atoms. The van der Waals surface area contributed by atoms with Gasteiger partial charge >= 0.3 is 23.9 Å². The van der Waals surface area contributed by atoms with Gasteiger partial charge in [0.05, 0.1) is 31.0 Å². The number of carbonyl (C=O) groups excluding carboxylic acids is 4. The molecule has 176 valence electrons. The van der Waals surface area contributed by atoms with E-state index in [9.17, 15) is 19.2 Å². The lowest BCUT2D eigenvalue weighted by Crippen LogP contribution is -2.62. The summed E-state index contributed by atoms with van der Waals surface area (Å²) in [4.78, 5) is 49.8. The highest BCUT2D eigenvalue weighted by molar-refractivity contribution is 5.80. The molecule has 0 radical (unpaired) electrons. The van der Waals surface area contributed by atoms with Crippen LogP contribution in [-0.4, -0.2) is 42.7 Å². The van der Waals surface area contributed by atoms with Crippen LogP contribution in [-0.2, 0) is 38.1 Å². The fourth-order valence-electron chi connectivity index (χ4n) is 6.82. The van der Waals surface area contributed by atoms with E-state index < -0.39 is 64.8 Å². The van der Waals surface area contributed by atoms with Gasteiger partial charge in [-0.15, -0.1) is 0 Å². The maximum absolute atomic E-state index is 13.1. The minimum Gasteiger partial charge on any atom is -0.472 e. The zero-order valence-electron chi connectivity index (χ0n) is 18.6. The predicted octanol–water partition coefficient (Wildman–Crippen LogP) is 2.50. The molecule has 1 aromatic rings. The monoisotopic (exact) mass is 458 g/mol. The lowest BCUT2D eigenvalue weighted by molar-refractivity contribution is -0.186. The minimum atomic E-state index is -0.927. The van der Waals surface area contributed by atoms with E-state index in [-0.39, 0.29) is 12.6 Å². The molecule has 8 atom stereocenters. The molecule has 0 unspecified atom stereocenters. The van der Waals surface area contributed by atoms with E-state index in [1.165, 1.54) is 26.4 Å². The van der Waals surface area contributed by atoms with Gasteiger partial charge in [0.1, 0.15) is 12.2 Å². The summed E-state index contributed by atoms with van der Waals surface area (Å²) in [5.74, 6) is -3.23. The number of ether oxygens (including phenoxy) is 4. The zero-order valence-corrected chi connectivity index (χ0v) is 18.6. The van der Waals surface area contributed by atoms with Gasteiger partial charge in [-0.05, 0) is 25.0 Å². The van der Waals surface area contributed by atoms with Gasteiger partial charge in [-0.3, -0.25) is 19.2 Å². The summed E-state index contributed by atoms with van der Waals surface area (Å²) in [6, 6.07) is 1.66. The maximum Gasteiger partial charge on any atom is 0.313 e. The molecule has 1 aromatic heterocycles. The molecular weight excluding hydrogens is 432 g/mol. The highest BCUT2D eigenvalue weighted by atomic mass is 16.6. The Morgan fingerprint density at radius 3 is 2.61 bits per heavy atom. The van der Waals surface area contributed by atoms with Crippen molar-refractivity contribution in [1.29, 1.82) is 0 Å². The van der Waals surface area contributed by atoms with Crippen LogP contribution in [0.2, 0.25) is 0 Å². The van der Waals surface area contributed by atoms with Crippen molar-refractivity contribution in [3.8, 4) is 0 Å². The van der Waals surface area contributed by atoms with Crippen molar-refractivity contribution in [2.24, 2.45) is 28.6 Å². The van der Waals surface area contributed by atoms with E-state index in [1.54, 1.807) is 18.2 Å². The Bertz CT molecular complexity index is 1030. The normalized spacial score (nSPS) is 39.5. The van der Waals surface area contributed by atoms with Crippen LogP contribution in [0.4, 0.5) is 0 Å².